The van der Waals surface area contributed by atoms with E-state index in [1.807, 2.05) is 29.2 Å². The zero-order valence-corrected chi connectivity index (χ0v) is 16.4. The van der Waals surface area contributed by atoms with Gasteiger partial charge in [-0.15, -0.1) is 0 Å². The van der Waals surface area contributed by atoms with Gasteiger partial charge in [-0.05, 0) is 55.7 Å². The van der Waals surface area contributed by atoms with Gasteiger partial charge in [-0.2, -0.15) is 0 Å². The second-order valence-corrected chi connectivity index (χ2v) is 7.71. The van der Waals surface area contributed by atoms with E-state index in [9.17, 15) is 4.79 Å². The summed E-state index contributed by atoms with van der Waals surface area (Å²) >= 11 is 0. The van der Waals surface area contributed by atoms with Crippen molar-refractivity contribution in [2.24, 2.45) is 5.92 Å². The van der Waals surface area contributed by atoms with Crippen LogP contribution >= 0.6 is 0 Å². The highest BCUT2D eigenvalue weighted by Gasteiger charge is 2.26. The van der Waals surface area contributed by atoms with E-state index in [-0.39, 0.29) is 5.91 Å². The van der Waals surface area contributed by atoms with Crippen LogP contribution in [0.5, 0.6) is 0 Å². The molecular formula is C24H27N3O. The molecule has 1 N–H and O–H groups in total. The summed E-state index contributed by atoms with van der Waals surface area (Å²) in [5, 5.41) is 0. The lowest BCUT2D eigenvalue weighted by Gasteiger charge is -2.33. The van der Waals surface area contributed by atoms with Gasteiger partial charge in [0, 0.05) is 31.0 Å². The van der Waals surface area contributed by atoms with Gasteiger partial charge in [0.15, 0.2) is 0 Å². The third kappa shape index (κ3) is 4.01. The number of hydrogen-bond acceptors (Lipinski definition) is 2. The number of H-pyrrole nitrogens is 1. The zero-order valence-electron chi connectivity index (χ0n) is 16.4. The molecule has 0 bridgehead atoms. The van der Waals surface area contributed by atoms with E-state index in [4.69, 9.17) is 0 Å². The monoisotopic (exact) mass is 373 g/mol. The van der Waals surface area contributed by atoms with Gasteiger partial charge >= 0.3 is 0 Å². The first-order valence-electron chi connectivity index (χ1n) is 10.1. The molecule has 144 valence electrons. The Balaban J connectivity index is 1.45. The standard InChI is InChI=1S/C24H27N3O/c1-18-7-2-3-9-20(18)13-12-19-8-6-16-27(17-19)24(28)22-11-5-4-10-21(22)23-25-14-15-26-23/h2-5,7,9-11,14-15,19H,6,8,12-13,16-17H2,1H3,(H,25,26)/t19-/m0/s1. The molecule has 28 heavy (non-hydrogen) atoms. The van der Waals surface area contributed by atoms with Crippen LogP contribution in [-0.2, 0) is 6.42 Å². The van der Waals surface area contributed by atoms with E-state index in [1.54, 1.807) is 12.4 Å². The molecule has 1 aliphatic heterocycles. The Hall–Kier alpha value is -2.88. The van der Waals surface area contributed by atoms with E-state index in [1.165, 1.54) is 17.5 Å². The van der Waals surface area contributed by atoms with Crippen molar-refractivity contribution < 1.29 is 4.79 Å². The number of likely N-dealkylation sites (tertiary alicyclic amines) is 1. The number of amides is 1. The number of rotatable bonds is 5. The number of nitrogens with zero attached hydrogens (tertiary/aromatic N) is 2. The first-order chi connectivity index (χ1) is 13.7. The molecule has 2 heterocycles. The predicted octanol–water partition coefficient (Wildman–Crippen LogP) is 4.87. The van der Waals surface area contributed by atoms with Crippen LogP contribution in [0.15, 0.2) is 60.9 Å². The minimum absolute atomic E-state index is 0.118. The second kappa shape index (κ2) is 8.42. The van der Waals surface area contributed by atoms with Gasteiger partial charge in [-0.1, -0.05) is 42.5 Å². The molecule has 1 amide bonds. The predicted molar refractivity (Wildman–Crippen MR) is 112 cm³/mol. The molecule has 0 spiro atoms. The quantitative estimate of drug-likeness (QED) is 0.694. The maximum atomic E-state index is 13.3. The van der Waals surface area contributed by atoms with E-state index in [0.29, 0.717) is 5.92 Å². The third-order valence-corrected chi connectivity index (χ3v) is 5.80. The summed E-state index contributed by atoms with van der Waals surface area (Å²) in [5.74, 6) is 1.43. The molecule has 1 aromatic heterocycles. The number of piperidine rings is 1. The molecule has 0 unspecified atom stereocenters. The number of carbonyl (C=O) groups is 1. The summed E-state index contributed by atoms with van der Waals surface area (Å²) in [7, 11) is 0. The van der Waals surface area contributed by atoms with Crippen molar-refractivity contribution >= 4 is 5.91 Å². The van der Waals surface area contributed by atoms with E-state index in [0.717, 1.165) is 49.3 Å². The normalized spacial score (nSPS) is 16.9. The fraction of sp³-hybridized carbons (Fsp3) is 0.333. The molecule has 1 fully saturated rings. The molecule has 1 atom stereocenters. The summed E-state index contributed by atoms with van der Waals surface area (Å²) in [6.45, 7) is 3.86. The number of hydrogen-bond donors (Lipinski definition) is 1. The topological polar surface area (TPSA) is 49.0 Å². The number of imidazole rings is 1. The van der Waals surface area contributed by atoms with Crippen molar-refractivity contribution in [2.45, 2.75) is 32.6 Å². The molecule has 2 aromatic carbocycles. The van der Waals surface area contributed by atoms with Crippen molar-refractivity contribution in [3.05, 3.63) is 77.6 Å². The highest BCUT2D eigenvalue weighted by atomic mass is 16.2. The minimum Gasteiger partial charge on any atom is -0.345 e. The highest BCUT2D eigenvalue weighted by Crippen LogP contribution is 2.26. The summed E-state index contributed by atoms with van der Waals surface area (Å²) in [5.41, 5.74) is 4.39. The van der Waals surface area contributed by atoms with Crippen molar-refractivity contribution in [3.8, 4) is 11.4 Å². The zero-order chi connectivity index (χ0) is 19.3. The van der Waals surface area contributed by atoms with E-state index in [2.05, 4.69) is 41.2 Å². The SMILES string of the molecule is Cc1ccccc1CC[C@@H]1CCCN(C(=O)c2ccccc2-c2ncc[nH]2)C1. The smallest absolute Gasteiger partial charge is 0.254 e. The van der Waals surface area contributed by atoms with Crippen molar-refractivity contribution in [3.63, 3.8) is 0 Å². The molecule has 4 heteroatoms. The lowest BCUT2D eigenvalue weighted by molar-refractivity contribution is 0.0669. The van der Waals surface area contributed by atoms with Crippen LogP contribution in [0, 0.1) is 12.8 Å². The van der Waals surface area contributed by atoms with Crippen LogP contribution in [0.1, 0.15) is 40.7 Å². The Labute approximate surface area is 166 Å². The second-order valence-electron chi connectivity index (χ2n) is 7.71. The largest absolute Gasteiger partial charge is 0.345 e. The first-order valence-corrected chi connectivity index (χ1v) is 10.1. The Kier molecular flexibility index (Phi) is 5.56. The van der Waals surface area contributed by atoms with Crippen molar-refractivity contribution in [1.29, 1.82) is 0 Å². The lowest BCUT2D eigenvalue weighted by Crippen LogP contribution is -2.40. The van der Waals surface area contributed by atoms with E-state index >= 15 is 0 Å². The Morgan fingerprint density at radius 3 is 2.82 bits per heavy atom. The molecule has 0 aliphatic carbocycles. The van der Waals surface area contributed by atoms with Crippen molar-refractivity contribution in [1.82, 2.24) is 14.9 Å². The van der Waals surface area contributed by atoms with Gasteiger partial charge in [-0.25, -0.2) is 4.98 Å². The van der Waals surface area contributed by atoms with Crippen LogP contribution in [-0.4, -0.2) is 33.9 Å². The molecule has 1 aliphatic rings. The number of aromatic nitrogens is 2. The number of carbonyl (C=O) groups excluding carboxylic acids is 1. The first kappa shape index (κ1) is 18.5. The van der Waals surface area contributed by atoms with Gasteiger partial charge in [0.25, 0.3) is 5.91 Å². The molecule has 4 nitrogen and oxygen atoms in total. The maximum absolute atomic E-state index is 13.3. The van der Waals surface area contributed by atoms with Crippen LogP contribution in [0.25, 0.3) is 11.4 Å². The Bertz CT molecular complexity index is 933. The van der Waals surface area contributed by atoms with Gasteiger partial charge in [-0.3, -0.25) is 4.79 Å². The van der Waals surface area contributed by atoms with Crippen LogP contribution < -0.4 is 0 Å². The van der Waals surface area contributed by atoms with E-state index < -0.39 is 0 Å². The molecule has 1 saturated heterocycles. The fourth-order valence-corrected chi connectivity index (χ4v) is 4.19. The molecule has 4 rings (SSSR count). The summed E-state index contributed by atoms with van der Waals surface area (Å²) in [4.78, 5) is 22.8. The number of nitrogens with one attached hydrogen (secondary N) is 1. The molecule has 0 radical (unpaired) electrons. The lowest BCUT2D eigenvalue weighted by atomic mass is 9.90. The Morgan fingerprint density at radius 2 is 2.00 bits per heavy atom. The molecule has 3 aromatic rings. The molecule has 0 saturated carbocycles. The molecular weight excluding hydrogens is 346 g/mol. The highest BCUT2D eigenvalue weighted by molar-refractivity contribution is 6.00. The summed E-state index contributed by atoms with van der Waals surface area (Å²) in [6.07, 6.45) is 8.01. The van der Waals surface area contributed by atoms with Gasteiger partial charge in [0.2, 0.25) is 0 Å². The minimum atomic E-state index is 0.118. The maximum Gasteiger partial charge on any atom is 0.254 e. The van der Waals surface area contributed by atoms with Crippen LogP contribution in [0.2, 0.25) is 0 Å². The number of aromatic amines is 1. The van der Waals surface area contributed by atoms with Crippen molar-refractivity contribution in [2.75, 3.05) is 13.1 Å². The average molecular weight is 374 g/mol. The van der Waals surface area contributed by atoms with Gasteiger partial charge < -0.3 is 9.88 Å². The Morgan fingerprint density at radius 1 is 1.18 bits per heavy atom. The number of benzene rings is 2. The van der Waals surface area contributed by atoms with Gasteiger partial charge in [0.05, 0.1) is 5.56 Å². The summed E-state index contributed by atoms with van der Waals surface area (Å²) < 4.78 is 0. The third-order valence-electron chi connectivity index (χ3n) is 5.80. The summed E-state index contributed by atoms with van der Waals surface area (Å²) in [6, 6.07) is 16.4. The average Bonchev–Trinajstić information content (AvgIpc) is 3.28. The van der Waals surface area contributed by atoms with Gasteiger partial charge in [0.1, 0.15) is 5.82 Å². The van der Waals surface area contributed by atoms with Crippen LogP contribution in [0.4, 0.5) is 0 Å². The number of aryl methyl sites for hydroxylation is 2. The fourth-order valence-electron chi connectivity index (χ4n) is 4.19. The van der Waals surface area contributed by atoms with Crippen LogP contribution in [0.3, 0.4) is 0 Å².